The van der Waals surface area contributed by atoms with Crippen LogP contribution in [0.1, 0.15) is 31.4 Å². The Balaban J connectivity index is 1.35. The van der Waals surface area contributed by atoms with Gasteiger partial charge in [-0.1, -0.05) is 0 Å². The molecule has 1 saturated heterocycles. The van der Waals surface area contributed by atoms with Gasteiger partial charge in [0.1, 0.15) is 12.7 Å². The highest BCUT2D eigenvalue weighted by Gasteiger charge is 2.28. The molecule has 0 bridgehead atoms. The molecular weight excluding hydrogens is 466 g/mol. The van der Waals surface area contributed by atoms with Crippen LogP contribution in [0.5, 0.6) is 5.75 Å². The standard InChI is InChI=1S/C20H24BrN7O3/c1-13-11-27(20-25-18(31-26-20)14(2)29-3)6-7-28(13)19-23-8-16(9-24-19)30-12-15-4-5-22-10-17(15)21/h4-5,8-10,13-14H,6-7,11-12H2,1-3H3/t13?,14-/m0/s1. The number of hydrogen-bond acceptors (Lipinski definition) is 10. The van der Waals surface area contributed by atoms with Crippen molar-refractivity contribution in [1.29, 1.82) is 0 Å². The Morgan fingerprint density at radius 1 is 1.23 bits per heavy atom. The number of pyridine rings is 1. The van der Waals surface area contributed by atoms with Crippen molar-refractivity contribution >= 4 is 27.8 Å². The molecule has 11 heteroatoms. The number of hydrogen-bond donors (Lipinski definition) is 0. The van der Waals surface area contributed by atoms with Crippen LogP contribution in [0.25, 0.3) is 0 Å². The van der Waals surface area contributed by atoms with Gasteiger partial charge in [-0.2, -0.15) is 4.98 Å². The van der Waals surface area contributed by atoms with Crippen molar-refractivity contribution in [3.63, 3.8) is 0 Å². The van der Waals surface area contributed by atoms with Gasteiger partial charge in [0.15, 0.2) is 5.75 Å². The summed E-state index contributed by atoms with van der Waals surface area (Å²) in [5.41, 5.74) is 1.01. The number of piperazine rings is 1. The highest BCUT2D eigenvalue weighted by Crippen LogP contribution is 2.23. The molecule has 2 atom stereocenters. The summed E-state index contributed by atoms with van der Waals surface area (Å²) in [5.74, 6) is 2.35. The smallest absolute Gasteiger partial charge is 0.266 e. The molecule has 3 aromatic rings. The van der Waals surface area contributed by atoms with E-state index < -0.39 is 0 Å². The quantitative estimate of drug-likeness (QED) is 0.491. The van der Waals surface area contributed by atoms with Crippen molar-refractivity contribution in [3.05, 3.63) is 46.8 Å². The lowest BCUT2D eigenvalue weighted by Gasteiger charge is -2.39. The van der Waals surface area contributed by atoms with Crippen LogP contribution >= 0.6 is 15.9 Å². The zero-order valence-corrected chi connectivity index (χ0v) is 19.2. The fraction of sp³-hybridized carbons (Fsp3) is 0.450. The minimum Gasteiger partial charge on any atom is -0.486 e. The normalized spacial score (nSPS) is 17.6. The van der Waals surface area contributed by atoms with Gasteiger partial charge in [0.05, 0.1) is 12.4 Å². The first-order valence-electron chi connectivity index (χ1n) is 9.96. The van der Waals surface area contributed by atoms with Gasteiger partial charge in [0.2, 0.25) is 5.95 Å². The first-order chi connectivity index (χ1) is 15.0. The molecule has 0 radical (unpaired) electrons. The molecule has 0 amide bonds. The van der Waals surface area contributed by atoms with Crippen LogP contribution < -0.4 is 14.5 Å². The molecular formula is C20H24BrN7O3. The summed E-state index contributed by atoms with van der Waals surface area (Å²) in [6.07, 6.45) is 6.65. The maximum absolute atomic E-state index is 5.80. The Morgan fingerprint density at radius 3 is 2.74 bits per heavy atom. The van der Waals surface area contributed by atoms with E-state index in [2.05, 4.69) is 57.7 Å². The lowest BCUT2D eigenvalue weighted by molar-refractivity contribution is 0.0886. The maximum Gasteiger partial charge on any atom is 0.266 e. The summed E-state index contributed by atoms with van der Waals surface area (Å²) in [5, 5.41) is 4.09. The molecule has 1 fully saturated rings. The summed E-state index contributed by atoms with van der Waals surface area (Å²) in [4.78, 5) is 21.8. The second-order valence-corrected chi connectivity index (χ2v) is 8.13. The predicted molar refractivity (Wildman–Crippen MR) is 117 cm³/mol. The van der Waals surface area contributed by atoms with Gasteiger partial charge in [-0.3, -0.25) is 4.98 Å². The molecule has 164 valence electrons. The molecule has 0 N–H and O–H groups in total. The lowest BCUT2D eigenvalue weighted by atomic mass is 10.2. The first-order valence-corrected chi connectivity index (χ1v) is 10.8. The molecule has 1 unspecified atom stereocenters. The molecule has 1 aliphatic rings. The topological polar surface area (TPSA) is 103 Å². The van der Waals surface area contributed by atoms with Crippen molar-refractivity contribution < 1.29 is 14.0 Å². The largest absolute Gasteiger partial charge is 0.486 e. The third-order valence-corrected chi connectivity index (χ3v) is 5.88. The van der Waals surface area contributed by atoms with Crippen LogP contribution in [-0.2, 0) is 11.3 Å². The SMILES string of the molecule is CO[C@@H](C)c1nc(N2CCN(c3ncc(OCc4ccncc4Br)cn3)C(C)C2)no1. The summed E-state index contributed by atoms with van der Waals surface area (Å²) in [6.45, 7) is 6.63. The number of anilines is 2. The van der Waals surface area contributed by atoms with Crippen LogP contribution in [-0.4, -0.2) is 57.9 Å². The van der Waals surface area contributed by atoms with E-state index in [1.54, 1.807) is 31.9 Å². The molecule has 4 rings (SSSR count). The van der Waals surface area contributed by atoms with Gasteiger partial charge in [0, 0.05) is 55.2 Å². The fourth-order valence-electron chi connectivity index (χ4n) is 3.27. The maximum atomic E-state index is 5.80. The van der Waals surface area contributed by atoms with Gasteiger partial charge in [0.25, 0.3) is 11.8 Å². The lowest BCUT2D eigenvalue weighted by Crippen LogP contribution is -2.53. The van der Waals surface area contributed by atoms with E-state index in [-0.39, 0.29) is 12.1 Å². The number of ether oxygens (including phenoxy) is 2. The molecule has 0 aliphatic carbocycles. The van der Waals surface area contributed by atoms with Gasteiger partial charge in [-0.15, -0.1) is 0 Å². The van der Waals surface area contributed by atoms with E-state index in [0.29, 0.717) is 30.1 Å². The highest BCUT2D eigenvalue weighted by atomic mass is 79.9. The molecule has 31 heavy (non-hydrogen) atoms. The van der Waals surface area contributed by atoms with Gasteiger partial charge in [-0.05, 0) is 41.0 Å². The number of methoxy groups -OCH3 is 1. The Hall–Kier alpha value is -2.79. The number of halogens is 1. The second kappa shape index (κ2) is 9.56. The van der Waals surface area contributed by atoms with Crippen molar-refractivity contribution in [3.8, 4) is 5.75 Å². The third-order valence-electron chi connectivity index (χ3n) is 5.16. The number of nitrogens with zero attached hydrogens (tertiary/aromatic N) is 7. The van der Waals surface area contributed by atoms with Crippen LogP contribution in [0.2, 0.25) is 0 Å². The zero-order valence-electron chi connectivity index (χ0n) is 17.6. The van der Waals surface area contributed by atoms with Crippen molar-refractivity contribution in [2.75, 3.05) is 36.5 Å². The minimum atomic E-state index is -0.228. The van der Waals surface area contributed by atoms with Crippen molar-refractivity contribution in [2.45, 2.75) is 32.6 Å². The van der Waals surface area contributed by atoms with Crippen LogP contribution in [0.4, 0.5) is 11.9 Å². The second-order valence-electron chi connectivity index (χ2n) is 7.27. The van der Waals surface area contributed by atoms with E-state index in [1.807, 2.05) is 13.0 Å². The van der Waals surface area contributed by atoms with Gasteiger partial charge in [-0.25, -0.2) is 9.97 Å². The van der Waals surface area contributed by atoms with Crippen LogP contribution in [0.15, 0.2) is 39.8 Å². The van der Waals surface area contributed by atoms with E-state index in [4.69, 9.17) is 14.0 Å². The Labute approximate surface area is 188 Å². The monoisotopic (exact) mass is 489 g/mol. The van der Waals surface area contributed by atoms with Gasteiger partial charge < -0.3 is 23.8 Å². The van der Waals surface area contributed by atoms with E-state index in [1.165, 1.54) is 0 Å². The zero-order chi connectivity index (χ0) is 21.8. The Morgan fingerprint density at radius 2 is 2.03 bits per heavy atom. The Kier molecular flexibility index (Phi) is 6.62. The number of rotatable bonds is 7. The summed E-state index contributed by atoms with van der Waals surface area (Å²) < 4.78 is 17.3. The summed E-state index contributed by atoms with van der Waals surface area (Å²) in [7, 11) is 1.61. The highest BCUT2D eigenvalue weighted by molar-refractivity contribution is 9.10. The average Bonchev–Trinajstić information content (AvgIpc) is 3.29. The average molecular weight is 490 g/mol. The van der Waals surface area contributed by atoms with Crippen LogP contribution in [0.3, 0.4) is 0 Å². The molecule has 10 nitrogen and oxygen atoms in total. The first kappa shape index (κ1) is 21.4. The Bertz CT molecular complexity index is 1000. The van der Waals surface area contributed by atoms with Crippen LogP contribution in [0, 0.1) is 0 Å². The predicted octanol–water partition coefficient (Wildman–Crippen LogP) is 3.02. The number of aromatic nitrogens is 5. The van der Waals surface area contributed by atoms with E-state index in [0.717, 1.165) is 29.7 Å². The minimum absolute atomic E-state index is 0.176. The molecule has 1 aliphatic heterocycles. The van der Waals surface area contributed by atoms with Crippen molar-refractivity contribution in [2.24, 2.45) is 0 Å². The molecule has 0 spiro atoms. The van der Waals surface area contributed by atoms with Gasteiger partial charge >= 0.3 is 0 Å². The fourth-order valence-corrected chi connectivity index (χ4v) is 3.64. The summed E-state index contributed by atoms with van der Waals surface area (Å²) >= 11 is 3.47. The van der Waals surface area contributed by atoms with E-state index in [9.17, 15) is 0 Å². The summed E-state index contributed by atoms with van der Waals surface area (Å²) in [6, 6.07) is 2.08. The third kappa shape index (κ3) is 4.93. The molecule has 3 aromatic heterocycles. The molecule has 0 saturated carbocycles. The molecule has 4 heterocycles. The molecule has 0 aromatic carbocycles. The van der Waals surface area contributed by atoms with E-state index >= 15 is 0 Å². The van der Waals surface area contributed by atoms with Crippen molar-refractivity contribution in [1.82, 2.24) is 25.1 Å².